The summed E-state index contributed by atoms with van der Waals surface area (Å²) >= 11 is 3.57. The number of thiophene rings is 1. The predicted octanol–water partition coefficient (Wildman–Crippen LogP) is 12.3. The minimum absolute atomic E-state index is 0.859. The number of benzene rings is 7. The Hall–Kier alpha value is -6.41. The third-order valence-corrected chi connectivity index (χ3v) is 12.2. The van der Waals surface area contributed by atoms with Gasteiger partial charge < -0.3 is 0 Å². The molecule has 0 aliphatic rings. The van der Waals surface area contributed by atoms with Crippen LogP contribution in [0.25, 0.3) is 97.2 Å². The van der Waals surface area contributed by atoms with Crippen LogP contribution in [0.15, 0.2) is 164 Å². The van der Waals surface area contributed by atoms with Crippen molar-refractivity contribution in [2.24, 2.45) is 0 Å². The van der Waals surface area contributed by atoms with E-state index in [0.29, 0.717) is 0 Å². The van der Waals surface area contributed by atoms with Crippen molar-refractivity contribution in [3.63, 3.8) is 0 Å². The lowest BCUT2D eigenvalue weighted by molar-refractivity contribution is 1.10. The van der Waals surface area contributed by atoms with Gasteiger partial charge in [0.2, 0.25) is 0 Å². The van der Waals surface area contributed by atoms with Crippen molar-refractivity contribution >= 4 is 75.1 Å². The number of thiazole rings is 1. The van der Waals surface area contributed by atoms with Crippen LogP contribution in [0, 0.1) is 0 Å². The second-order valence-electron chi connectivity index (χ2n) is 12.8. The van der Waals surface area contributed by atoms with Gasteiger partial charge in [-0.25, -0.2) is 15.0 Å². The Bertz CT molecular complexity index is 2980. The summed E-state index contributed by atoms with van der Waals surface area (Å²) in [6, 6.07) is 57.4. The van der Waals surface area contributed by atoms with Gasteiger partial charge in [0.15, 0.2) is 0 Å². The van der Waals surface area contributed by atoms with Gasteiger partial charge in [-0.1, -0.05) is 97.1 Å². The molecule has 0 radical (unpaired) electrons. The molecule has 0 unspecified atom stereocenters. The van der Waals surface area contributed by atoms with Crippen molar-refractivity contribution in [1.82, 2.24) is 24.1 Å². The second-order valence-corrected chi connectivity index (χ2v) is 14.9. The van der Waals surface area contributed by atoms with Gasteiger partial charge in [-0.3, -0.25) is 9.13 Å². The van der Waals surface area contributed by atoms with Crippen LogP contribution in [0.2, 0.25) is 0 Å². The molecule has 244 valence electrons. The lowest BCUT2D eigenvalue weighted by Crippen LogP contribution is -1.99. The molecule has 0 saturated carbocycles. The molecule has 0 amide bonds. The Morgan fingerprint density at radius 1 is 0.385 bits per heavy atom. The molecule has 11 rings (SSSR count). The summed E-state index contributed by atoms with van der Waals surface area (Å²) in [5, 5.41) is 3.51. The van der Waals surface area contributed by atoms with E-state index in [-0.39, 0.29) is 0 Å². The minimum Gasteiger partial charge on any atom is -0.292 e. The van der Waals surface area contributed by atoms with E-state index in [9.17, 15) is 0 Å². The molecule has 4 heterocycles. The highest BCUT2D eigenvalue weighted by atomic mass is 32.1. The maximum absolute atomic E-state index is 5.56. The van der Waals surface area contributed by atoms with E-state index in [1.807, 2.05) is 17.4 Å². The molecule has 7 aromatic carbocycles. The van der Waals surface area contributed by atoms with Crippen LogP contribution in [0.4, 0.5) is 0 Å². The summed E-state index contributed by atoms with van der Waals surface area (Å²) in [4.78, 5) is 16.1. The zero-order valence-corrected chi connectivity index (χ0v) is 29.3. The Labute approximate surface area is 306 Å². The fourth-order valence-electron chi connectivity index (χ4n) is 7.48. The molecule has 0 fully saturated rings. The maximum atomic E-state index is 5.56. The zero-order chi connectivity index (χ0) is 34.2. The zero-order valence-electron chi connectivity index (χ0n) is 27.6. The molecule has 0 aliphatic heterocycles. The van der Waals surface area contributed by atoms with E-state index in [2.05, 4.69) is 167 Å². The largest absolute Gasteiger partial charge is 0.292 e. The van der Waals surface area contributed by atoms with Crippen LogP contribution in [-0.4, -0.2) is 24.1 Å². The molecule has 7 heteroatoms. The average Bonchev–Trinajstić information content (AvgIpc) is 3.99. The second kappa shape index (κ2) is 11.6. The fourth-order valence-corrected chi connectivity index (χ4v) is 9.90. The molecule has 52 heavy (non-hydrogen) atoms. The summed E-state index contributed by atoms with van der Waals surface area (Å²) in [5.41, 5.74) is 10.2. The van der Waals surface area contributed by atoms with Crippen molar-refractivity contribution in [3.05, 3.63) is 164 Å². The molecule has 0 spiro atoms. The van der Waals surface area contributed by atoms with E-state index in [0.717, 1.165) is 77.0 Å². The van der Waals surface area contributed by atoms with Gasteiger partial charge in [0.25, 0.3) is 0 Å². The van der Waals surface area contributed by atoms with E-state index in [4.69, 9.17) is 15.0 Å². The van der Waals surface area contributed by atoms with Crippen LogP contribution in [0.3, 0.4) is 0 Å². The minimum atomic E-state index is 0.859. The van der Waals surface area contributed by atoms with E-state index < -0.39 is 0 Å². The van der Waals surface area contributed by atoms with E-state index in [1.54, 1.807) is 11.3 Å². The van der Waals surface area contributed by atoms with Crippen molar-refractivity contribution in [1.29, 1.82) is 0 Å². The van der Waals surface area contributed by atoms with Crippen LogP contribution >= 0.6 is 22.7 Å². The van der Waals surface area contributed by atoms with Crippen LogP contribution in [0.5, 0.6) is 0 Å². The van der Waals surface area contributed by atoms with Crippen LogP contribution in [-0.2, 0) is 0 Å². The number of rotatable bonds is 5. The van der Waals surface area contributed by atoms with Crippen molar-refractivity contribution < 1.29 is 0 Å². The first-order chi connectivity index (χ1) is 25.8. The number of hydrogen-bond acceptors (Lipinski definition) is 5. The Morgan fingerprint density at radius 2 is 0.942 bits per heavy atom. The molecule has 0 bridgehead atoms. The van der Waals surface area contributed by atoms with Crippen molar-refractivity contribution in [3.8, 4) is 44.7 Å². The molecular weight excluding hydrogens is 675 g/mol. The molecule has 0 N–H and O–H groups in total. The lowest BCUT2D eigenvalue weighted by atomic mass is 10.1. The van der Waals surface area contributed by atoms with Gasteiger partial charge >= 0.3 is 0 Å². The monoisotopic (exact) mass is 701 g/mol. The van der Waals surface area contributed by atoms with Gasteiger partial charge in [0, 0.05) is 48.2 Å². The molecule has 0 aliphatic carbocycles. The van der Waals surface area contributed by atoms with Crippen molar-refractivity contribution in [2.75, 3.05) is 0 Å². The normalized spacial score (nSPS) is 11.8. The Kier molecular flexibility index (Phi) is 6.52. The van der Waals surface area contributed by atoms with Crippen LogP contribution < -0.4 is 0 Å². The number of nitrogens with zero attached hydrogens (tertiary/aromatic N) is 5. The third kappa shape index (κ3) is 4.43. The predicted molar refractivity (Wildman–Crippen MR) is 218 cm³/mol. The molecule has 5 nitrogen and oxygen atoms in total. The number of hydrogen-bond donors (Lipinski definition) is 0. The summed E-state index contributed by atoms with van der Waals surface area (Å²) in [7, 11) is 0. The Morgan fingerprint density at radius 3 is 1.63 bits per heavy atom. The highest BCUT2D eigenvalue weighted by Crippen LogP contribution is 2.46. The Balaban J connectivity index is 1.24. The van der Waals surface area contributed by atoms with Gasteiger partial charge in [0.05, 0.1) is 32.3 Å². The van der Waals surface area contributed by atoms with Crippen molar-refractivity contribution in [2.45, 2.75) is 0 Å². The van der Waals surface area contributed by atoms with E-state index in [1.165, 1.54) is 20.2 Å². The average molecular weight is 702 g/mol. The third-order valence-electron chi connectivity index (χ3n) is 9.81. The molecular formula is C45H27N5S2. The number of imidazole rings is 2. The molecule has 0 saturated heterocycles. The number of para-hydroxylation sites is 6. The van der Waals surface area contributed by atoms with Gasteiger partial charge in [0.1, 0.15) is 16.7 Å². The van der Waals surface area contributed by atoms with Gasteiger partial charge in [-0.2, -0.15) is 0 Å². The van der Waals surface area contributed by atoms with Crippen LogP contribution in [0.1, 0.15) is 0 Å². The maximum Gasteiger partial charge on any atom is 0.147 e. The standard InChI is InChI=1S/C45H27N5S2/c1-3-14-28(15-4-1)49-37-23-10-8-21-35(37)46-43(49)32-26-27-33(44-47-36-22-9-11-24-38(36)50(44)29-16-5-2-6-17-29)42-40(32)48-45(52-42)34-20-13-19-31-30-18-7-12-25-39(30)51-41(31)34/h1-27H. The first-order valence-corrected chi connectivity index (χ1v) is 18.8. The first kappa shape index (κ1) is 29.3. The van der Waals surface area contributed by atoms with E-state index >= 15 is 0 Å². The van der Waals surface area contributed by atoms with Gasteiger partial charge in [-0.05, 0) is 66.7 Å². The number of fused-ring (bicyclic) bond motifs is 6. The first-order valence-electron chi connectivity index (χ1n) is 17.2. The summed E-state index contributed by atoms with van der Waals surface area (Å²) < 4.78 is 8.13. The quantitative estimate of drug-likeness (QED) is 0.179. The lowest BCUT2D eigenvalue weighted by Gasteiger charge is -2.13. The smallest absolute Gasteiger partial charge is 0.147 e. The molecule has 11 aromatic rings. The SMILES string of the molecule is c1ccc(-n2c(-c3ccc(-c4nc5ccccc5n4-c4ccccc4)c4sc(-c5cccc6c5sc5ccccc56)nc34)nc3ccccc32)cc1. The highest BCUT2D eigenvalue weighted by Gasteiger charge is 2.25. The molecule has 4 aromatic heterocycles. The number of aromatic nitrogens is 5. The summed E-state index contributed by atoms with van der Waals surface area (Å²) in [6.45, 7) is 0. The topological polar surface area (TPSA) is 48.5 Å². The highest BCUT2D eigenvalue weighted by molar-refractivity contribution is 7.27. The summed E-state index contributed by atoms with van der Waals surface area (Å²) in [6.07, 6.45) is 0. The summed E-state index contributed by atoms with van der Waals surface area (Å²) in [5.74, 6) is 1.74. The molecule has 0 atom stereocenters. The fraction of sp³-hybridized carbons (Fsp3) is 0. The van der Waals surface area contributed by atoms with Gasteiger partial charge in [-0.15, -0.1) is 22.7 Å².